The van der Waals surface area contributed by atoms with E-state index in [4.69, 9.17) is 21.5 Å². The fraction of sp³-hybridized carbons (Fsp3) is 0.963. The first-order valence-corrected chi connectivity index (χ1v) is 33.7. The number of carbonyl (C=O) groups excluding carboxylic acids is 1. The van der Waals surface area contributed by atoms with Gasteiger partial charge < -0.3 is 21.5 Å². The number of carbonyl (C=O) groups is 1. The Morgan fingerprint density at radius 3 is 1.50 bits per heavy atom. The van der Waals surface area contributed by atoms with Crippen molar-refractivity contribution in [3.63, 3.8) is 0 Å². The molecule has 0 N–H and O–H groups in total. The van der Waals surface area contributed by atoms with Crippen LogP contribution in [0.1, 0.15) is 58.8 Å². The van der Waals surface area contributed by atoms with Crippen molar-refractivity contribution >= 4 is 68.5 Å². The first-order chi connectivity index (χ1) is 18.5. The van der Waals surface area contributed by atoms with Crippen LogP contribution in [-0.4, -0.2) is 81.4 Å². The third-order valence-electron chi connectivity index (χ3n) is 7.23. The fourth-order valence-electron chi connectivity index (χ4n) is 4.14. The second kappa shape index (κ2) is 21.5. The van der Waals surface area contributed by atoms with Crippen molar-refractivity contribution in [3.8, 4) is 0 Å². The summed E-state index contributed by atoms with van der Waals surface area (Å²) in [7, 11) is -7.32. The van der Waals surface area contributed by atoms with Crippen molar-refractivity contribution in [1.82, 2.24) is 0 Å². The number of hydrogen-bond donors (Lipinski definition) is 0. The minimum Gasteiger partial charge on any atom is -0.465 e. The number of unbranched alkanes of at least 4 members (excludes halogenated alkanes) is 3. The Hall–Kier alpha value is 0.828. The summed E-state index contributed by atoms with van der Waals surface area (Å²) in [5, 5.41) is 0. The molecule has 0 amide bonds. The molecule has 0 aliphatic heterocycles. The summed E-state index contributed by atoms with van der Waals surface area (Å²) >= 11 is 0. The number of esters is 1. The second-order valence-electron chi connectivity index (χ2n) is 14.4. The molecule has 0 aromatic carbocycles. The Morgan fingerprint density at radius 2 is 1.07 bits per heavy atom. The maximum absolute atomic E-state index is 11.7. The molecule has 0 aromatic heterocycles. The van der Waals surface area contributed by atoms with E-state index in [9.17, 15) is 4.79 Å². The molecule has 0 aliphatic carbocycles. The highest BCUT2D eigenvalue weighted by molar-refractivity contribution is 6.77. The van der Waals surface area contributed by atoms with Gasteiger partial charge in [0.15, 0.2) is 33.3 Å². The van der Waals surface area contributed by atoms with Crippen LogP contribution < -0.4 is 0 Å². The van der Waals surface area contributed by atoms with E-state index in [-0.39, 0.29) is 21.7 Å². The van der Waals surface area contributed by atoms with Gasteiger partial charge in [0.2, 0.25) is 0 Å². The van der Waals surface area contributed by atoms with Gasteiger partial charge in [-0.2, -0.15) is 0 Å². The zero-order chi connectivity index (χ0) is 30.7. The molecule has 0 aliphatic rings. The molecular weight excluding hydrogens is 617 g/mol. The molecule has 0 radical (unpaired) electrons. The van der Waals surface area contributed by atoms with Gasteiger partial charge in [-0.05, 0) is 102 Å². The van der Waals surface area contributed by atoms with Gasteiger partial charge in [-0.25, -0.2) is 0 Å². The molecule has 0 bridgehead atoms. The molecule has 1 atom stereocenters. The predicted octanol–water partition coefficient (Wildman–Crippen LogP) is 6.48. The Labute approximate surface area is 260 Å². The molecule has 0 saturated heterocycles. The summed E-state index contributed by atoms with van der Waals surface area (Å²) in [4.78, 5) is 11.7. The van der Waals surface area contributed by atoms with Crippen molar-refractivity contribution in [1.29, 1.82) is 0 Å². The van der Waals surface area contributed by atoms with E-state index in [0.29, 0.717) is 6.61 Å². The van der Waals surface area contributed by atoms with Crippen LogP contribution in [0, 0.1) is 5.92 Å². The predicted molar refractivity (Wildman–Crippen MR) is 193 cm³/mol. The summed E-state index contributed by atoms with van der Waals surface area (Å²) in [5.74, 6) is -0.0267. The van der Waals surface area contributed by atoms with Crippen LogP contribution >= 0.6 is 0 Å². The van der Waals surface area contributed by atoms with E-state index in [2.05, 4.69) is 58.9 Å². The molecule has 0 spiro atoms. The van der Waals surface area contributed by atoms with Crippen LogP contribution in [0.3, 0.4) is 0 Å². The molecule has 240 valence electrons. The van der Waals surface area contributed by atoms with Gasteiger partial charge in [-0.1, -0.05) is 46.0 Å². The summed E-state index contributed by atoms with van der Waals surface area (Å²) in [6.45, 7) is 25.5. The average Bonchev–Trinajstić information content (AvgIpc) is 2.85. The highest BCUT2D eigenvalue weighted by atomic mass is 28.4. The van der Waals surface area contributed by atoms with Gasteiger partial charge in [0.25, 0.3) is 0 Å². The molecular formula is C27H68O6Si7. The summed E-state index contributed by atoms with van der Waals surface area (Å²) in [6, 6.07) is 6.38. The van der Waals surface area contributed by atoms with Gasteiger partial charge >= 0.3 is 5.97 Å². The van der Waals surface area contributed by atoms with E-state index in [1.54, 1.807) is 0 Å². The molecule has 6 nitrogen and oxygen atoms in total. The smallest absolute Gasteiger partial charge is 0.308 e. The molecule has 0 aromatic rings. The van der Waals surface area contributed by atoms with Crippen molar-refractivity contribution in [2.75, 3.05) is 12.8 Å². The van der Waals surface area contributed by atoms with Crippen molar-refractivity contribution in [2.24, 2.45) is 5.92 Å². The standard InChI is InChI=1S/C27H68O6Si7/c1-12-26(2)27(28)29-19-13-14-20-34-31-38(6,7)23-17-15-21-35-32-39(8,9)24-18-16-22-36-33-40(10,11)25-30-37(3,4)5/h26H,12-25,34-36H2,1-11H3. The third-order valence-corrected chi connectivity index (χ3v) is 26.7. The van der Waals surface area contributed by atoms with Crippen LogP contribution in [-0.2, 0) is 26.3 Å². The zero-order valence-electron chi connectivity index (χ0n) is 28.5. The molecule has 1 unspecified atom stereocenters. The average molecular weight is 685 g/mol. The first-order valence-electron chi connectivity index (χ1n) is 16.2. The van der Waals surface area contributed by atoms with Crippen molar-refractivity contribution < 1.29 is 26.3 Å². The van der Waals surface area contributed by atoms with Crippen LogP contribution in [0.25, 0.3) is 0 Å². The summed E-state index contributed by atoms with van der Waals surface area (Å²) in [5.41, 5.74) is 0. The molecule has 0 saturated carbocycles. The summed E-state index contributed by atoms with van der Waals surface area (Å²) in [6.07, 6.45) is 9.02. The minimum absolute atomic E-state index is 0.0226. The molecule has 0 rings (SSSR count). The van der Waals surface area contributed by atoms with Gasteiger partial charge in [0, 0.05) is 0 Å². The lowest BCUT2D eigenvalue weighted by Gasteiger charge is -2.28. The van der Waals surface area contributed by atoms with E-state index in [0.717, 1.165) is 25.5 Å². The minimum atomic E-state index is -1.62. The maximum atomic E-state index is 11.7. The Balaban J connectivity index is 3.77. The Kier molecular flexibility index (Phi) is 22.0. The van der Waals surface area contributed by atoms with E-state index in [1.165, 1.54) is 55.9 Å². The Morgan fingerprint density at radius 1 is 0.650 bits per heavy atom. The number of rotatable bonds is 26. The van der Waals surface area contributed by atoms with E-state index >= 15 is 0 Å². The first kappa shape index (κ1) is 40.8. The van der Waals surface area contributed by atoms with Gasteiger partial charge in [0.1, 0.15) is 29.3 Å². The van der Waals surface area contributed by atoms with E-state index < -0.39 is 52.8 Å². The van der Waals surface area contributed by atoms with E-state index in [1.807, 2.05) is 13.8 Å². The second-order valence-corrected chi connectivity index (χ2v) is 37.6. The lowest BCUT2D eigenvalue weighted by molar-refractivity contribution is -0.148. The van der Waals surface area contributed by atoms with Crippen molar-refractivity contribution in [3.05, 3.63) is 0 Å². The fourth-order valence-corrected chi connectivity index (χ4v) is 21.0. The maximum Gasteiger partial charge on any atom is 0.308 e. The lowest BCUT2D eigenvalue weighted by atomic mass is 10.1. The SMILES string of the molecule is CCC(C)C(=O)OCCCC[SiH2]O[Si](C)(C)CCCC[SiH2]O[Si](C)(C)CCCC[SiH2]O[Si](C)(C)CO[Si](C)(C)C. The largest absolute Gasteiger partial charge is 0.465 e. The topological polar surface area (TPSA) is 63.2 Å². The third kappa shape index (κ3) is 25.3. The van der Waals surface area contributed by atoms with Crippen LogP contribution in [0.4, 0.5) is 0 Å². The molecule has 40 heavy (non-hydrogen) atoms. The molecule has 13 heteroatoms. The number of ether oxygens (including phenoxy) is 1. The van der Waals surface area contributed by atoms with Crippen LogP contribution in [0.2, 0.25) is 89.1 Å². The Bertz CT molecular complexity index is 660. The van der Waals surface area contributed by atoms with Gasteiger partial charge in [0.05, 0.1) is 18.8 Å². The quantitative estimate of drug-likeness (QED) is 0.0591. The summed E-state index contributed by atoms with van der Waals surface area (Å²) < 4.78 is 30.8. The van der Waals surface area contributed by atoms with Crippen LogP contribution in [0.5, 0.6) is 0 Å². The normalized spacial score (nSPS) is 14.9. The highest BCUT2D eigenvalue weighted by Gasteiger charge is 2.26. The van der Waals surface area contributed by atoms with Gasteiger partial charge in [-0.3, -0.25) is 4.79 Å². The monoisotopic (exact) mass is 684 g/mol. The molecule has 0 fully saturated rings. The van der Waals surface area contributed by atoms with Crippen LogP contribution in [0.15, 0.2) is 0 Å². The zero-order valence-corrected chi connectivity index (χ0v) is 36.8. The number of hydrogen-bond acceptors (Lipinski definition) is 6. The van der Waals surface area contributed by atoms with Gasteiger partial charge in [-0.15, -0.1) is 0 Å². The lowest BCUT2D eigenvalue weighted by Crippen LogP contribution is -2.42. The molecule has 0 heterocycles. The van der Waals surface area contributed by atoms with Crippen molar-refractivity contribution in [2.45, 2.75) is 148 Å². The highest BCUT2D eigenvalue weighted by Crippen LogP contribution is 2.19.